The van der Waals surface area contributed by atoms with Crippen molar-refractivity contribution in [3.63, 3.8) is 0 Å². The van der Waals surface area contributed by atoms with E-state index in [1.165, 1.54) is 24.9 Å². The van der Waals surface area contributed by atoms with E-state index in [0.717, 1.165) is 40.8 Å². The summed E-state index contributed by atoms with van der Waals surface area (Å²) >= 11 is 0. The standard InChI is InChI=1S/C27H24N6O/c34-27(22-18-30-33-24(12-14-29-26(22)33)19-7-3-1-4-8-19)31-23-9-10-25(32-15-5-2-6-16-32)20-11-13-28-17-21(20)23/h1,3-4,7-14,17-18H,2,5-6,15-16H2,(H,31,34). The molecule has 1 amide bonds. The van der Waals surface area contributed by atoms with Gasteiger partial charge in [0.2, 0.25) is 0 Å². The van der Waals surface area contributed by atoms with E-state index in [0.29, 0.717) is 11.2 Å². The van der Waals surface area contributed by atoms with Crippen molar-refractivity contribution < 1.29 is 4.79 Å². The molecule has 6 rings (SSSR count). The number of aromatic nitrogens is 4. The van der Waals surface area contributed by atoms with Gasteiger partial charge in [0, 0.05) is 53.7 Å². The molecule has 0 atom stereocenters. The highest BCUT2D eigenvalue weighted by Gasteiger charge is 2.19. The first kappa shape index (κ1) is 20.4. The first-order valence-electron chi connectivity index (χ1n) is 11.6. The monoisotopic (exact) mass is 448 g/mol. The molecule has 1 aliphatic heterocycles. The third-order valence-corrected chi connectivity index (χ3v) is 6.46. The molecule has 1 saturated heterocycles. The lowest BCUT2D eigenvalue weighted by Gasteiger charge is -2.30. The van der Waals surface area contributed by atoms with Gasteiger partial charge >= 0.3 is 0 Å². The molecule has 0 aliphatic carbocycles. The Labute approximate surface area is 197 Å². The SMILES string of the molecule is O=C(Nc1ccc(N2CCCCC2)c2ccncc12)c1cnn2c(-c3ccccc3)ccnc12. The maximum Gasteiger partial charge on any atom is 0.261 e. The summed E-state index contributed by atoms with van der Waals surface area (Å²) in [4.78, 5) is 24.5. The van der Waals surface area contributed by atoms with Crippen LogP contribution in [0.15, 0.2) is 79.4 Å². The second-order valence-electron chi connectivity index (χ2n) is 8.55. The van der Waals surface area contributed by atoms with Crippen molar-refractivity contribution in [1.29, 1.82) is 0 Å². The van der Waals surface area contributed by atoms with Crippen molar-refractivity contribution in [2.24, 2.45) is 0 Å². The summed E-state index contributed by atoms with van der Waals surface area (Å²) in [6, 6.07) is 18.0. The number of fused-ring (bicyclic) bond motifs is 2. The van der Waals surface area contributed by atoms with Gasteiger partial charge in [-0.15, -0.1) is 0 Å². The van der Waals surface area contributed by atoms with E-state index in [1.807, 2.05) is 60.9 Å². The Bertz CT molecular complexity index is 1490. The van der Waals surface area contributed by atoms with E-state index < -0.39 is 0 Å². The van der Waals surface area contributed by atoms with Crippen LogP contribution in [0.2, 0.25) is 0 Å². The summed E-state index contributed by atoms with van der Waals surface area (Å²) in [6.45, 7) is 2.11. The van der Waals surface area contributed by atoms with Gasteiger partial charge in [-0.3, -0.25) is 9.78 Å². The summed E-state index contributed by atoms with van der Waals surface area (Å²) in [5.41, 5.74) is 4.76. The van der Waals surface area contributed by atoms with Gasteiger partial charge in [0.05, 0.1) is 17.6 Å². The van der Waals surface area contributed by atoms with Gasteiger partial charge in [-0.05, 0) is 43.5 Å². The number of nitrogens with one attached hydrogen (secondary N) is 1. The summed E-state index contributed by atoms with van der Waals surface area (Å²) in [6.07, 6.45) is 10.6. The lowest BCUT2D eigenvalue weighted by atomic mass is 10.0. The number of benzene rings is 2. The largest absolute Gasteiger partial charge is 0.371 e. The zero-order valence-electron chi connectivity index (χ0n) is 18.7. The van der Waals surface area contributed by atoms with Crippen LogP contribution in [0.1, 0.15) is 29.6 Å². The van der Waals surface area contributed by atoms with Crippen molar-refractivity contribution in [3.8, 4) is 11.3 Å². The zero-order valence-corrected chi connectivity index (χ0v) is 18.7. The van der Waals surface area contributed by atoms with Gasteiger partial charge in [-0.25, -0.2) is 9.50 Å². The second kappa shape index (κ2) is 8.59. The number of carbonyl (C=O) groups excluding carboxylic acids is 1. The molecule has 0 saturated carbocycles. The number of nitrogens with zero attached hydrogens (tertiary/aromatic N) is 5. The van der Waals surface area contributed by atoms with Crippen LogP contribution >= 0.6 is 0 Å². The van der Waals surface area contributed by atoms with E-state index in [2.05, 4.69) is 31.3 Å². The number of rotatable bonds is 4. The minimum Gasteiger partial charge on any atom is -0.371 e. The average Bonchev–Trinajstić information content (AvgIpc) is 3.34. The van der Waals surface area contributed by atoms with Crippen molar-refractivity contribution in [3.05, 3.63) is 84.9 Å². The van der Waals surface area contributed by atoms with Gasteiger partial charge in [0.1, 0.15) is 5.56 Å². The van der Waals surface area contributed by atoms with Gasteiger partial charge in [0.15, 0.2) is 5.65 Å². The van der Waals surface area contributed by atoms with Gasteiger partial charge in [0.25, 0.3) is 5.91 Å². The Balaban J connectivity index is 1.36. The predicted octanol–water partition coefficient (Wildman–Crippen LogP) is 5.19. The molecular formula is C27H24N6O. The third-order valence-electron chi connectivity index (χ3n) is 6.46. The van der Waals surface area contributed by atoms with Crippen LogP contribution in [-0.2, 0) is 0 Å². The fourth-order valence-corrected chi connectivity index (χ4v) is 4.76. The molecule has 0 bridgehead atoms. The fourth-order valence-electron chi connectivity index (χ4n) is 4.76. The number of carbonyl (C=O) groups is 1. The summed E-state index contributed by atoms with van der Waals surface area (Å²) < 4.78 is 1.71. The maximum atomic E-state index is 13.3. The van der Waals surface area contributed by atoms with Gasteiger partial charge in [-0.2, -0.15) is 5.10 Å². The van der Waals surface area contributed by atoms with Crippen molar-refractivity contribution in [2.45, 2.75) is 19.3 Å². The molecule has 5 aromatic rings. The highest BCUT2D eigenvalue weighted by molar-refractivity contribution is 6.13. The number of hydrogen-bond acceptors (Lipinski definition) is 5. The van der Waals surface area contributed by atoms with Gasteiger partial charge < -0.3 is 10.2 Å². The van der Waals surface area contributed by atoms with Crippen LogP contribution in [0.4, 0.5) is 11.4 Å². The van der Waals surface area contributed by atoms with Gasteiger partial charge in [-0.1, -0.05) is 30.3 Å². The topological polar surface area (TPSA) is 75.4 Å². The van der Waals surface area contributed by atoms with Crippen LogP contribution in [-0.4, -0.2) is 38.6 Å². The third kappa shape index (κ3) is 3.55. The molecule has 0 unspecified atom stereocenters. The van der Waals surface area contributed by atoms with Crippen LogP contribution in [0.5, 0.6) is 0 Å². The van der Waals surface area contributed by atoms with Crippen LogP contribution in [0.3, 0.4) is 0 Å². The molecule has 0 spiro atoms. The molecule has 34 heavy (non-hydrogen) atoms. The Morgan fingerprint density at radius 3 is 2.56 bits per heavy atom. The summed E-state index contributed by atoms with van der Waals surface area (Å²) in [5, 5.41) is 9.57. The van der Waals surface area contributed by atoms with Crippen molar-refractivity contribution in [1.82, 2.24) is 19.6 Å². The highest BCUT2D eigenvalue weighted by atomic mass is 16.1. The molecule has 168 valence electrons. The molecule has 3 aromatic heterocycles. The Morgan fingerprint density at radius 1 is 0.853 bits per heavy atom. The fraction of sp³-hybridized carbons (Fsp3) is 0.185. The lowest BCUT2D eigenvalue weighted by Crippen LogP contribution is -2.29. The minimum atomic E-state index is -0.247. The molecular weight excluding hydrogens is 424 g/mol. The molecule has 4 heterocycles. The Morgan fingerprint density at radius 2 is 1.71 bits per heavy atom. The molecule has 0 radical (unpaired) electrons. The van der Waals surface area contributed by atoms with Crippen molar-refractivity contribution >= 4 is 33.7 Å². The number of hydrogen-bond donors (Lipinski definition) is 1. The number of amides is 1. The normalized spacial score (nSPS) is 13.9. The molecule has 1 N–H and O–H groups in total. The first-order chi connectivity index (χ1) is 16.8. The van der Waals surface area contributed by atoms with Crippen LogP contribution in [0.25, 0.3) is 27.7 Å². The van der Waals surface area contributed by atoms with Crippen LogP contribution in [0, 0.1) is 0 Å². The lowest BCUT2D eigenvalue weighted by molar-refractivity contribution is 0.102. The quantitative estimate of drug-likeness (QED) is 0.410. The summed E-state index contributed by atoms with van der Waals surface area (Å²) in [7, 11) is 0. The van der Waals surface area contributed by atoms with E-state index in [4.69, 9.17) is 0 Å². The predicted molar refractivity (Wildman–Crippen MR) is 134 cm³/mol. The molecule has 7 heteroatoms. The highest BCUT2D eigenvalue weighted by Crippen LogP contribution is 2.33. The van der Waals surface area contributed by atoms with E-state index in [9.17, 15) is 4.79 Å². The zero-order chi connectivity index (χ0) is 22.9. The van der Waals surface area contributed by atoms with Crippen molar-refractivity contribution in [2.75, 3.05) is 23.3 Å². The molecule has 1 fully saturated rings. The number of anilines is 2. The summed E-state index contributed by atoms with van der Waals surface area (Å²) in [5.74, 6) is -0.247. The Kier molecular flexibility index (Phi) is 5.14. The molecule has 2 aromatic carbocycles. The minimum absolute atomic E-state index is 0.247. The number of pyridine rings is 1. The maximum absolute atomic E-state index is 13.3. The van der Waals surface area contributed by atoms with E-state index in [-0.39, 0.29) is 5.91 Å². The smallest absolute Gasteiger partial charge is 0.261 e. The second-order valence-corrected chi connectivity index (χ2v) is 8.55. The van der Waals surface area contributed by atoms with Crippen LogP contribution < -0.4 is 10.2 Å². The molecule has 7 nitrogen and oxygen atoms in total. The average molecular weight is 449 g/mol. The van der Waals surface area contributed by atoms with E-state index >= 15 is 0 Å². The molecule has 1 aliphatic rings. The Hall–Kier alpha value is -4.26. The van der Waals surface area contributed by atoms with E-state index in [1.54, 1.807) is 16.9 Å². The number of piperidine rings is 1. The first-order valence-corrected chi connectivity index (χ1v) is 11.6.